The Balaban J connectivity index is 1.77. The van der Waals surface area contributed by atoms with Crippen LogP contribution in [0.1, 0.15) is 30.4 Å². The number of hydrogen-bond acceptors (Lipinski definition) is 3. The Kier molecular flexibility index (Phi) is 5.41. The van der Waals surface area contributed by atoms with Gasteiger partial charge in [-0.15, -0.1) is 0 Å². The number of carbonyl (C=O) groups excluding carboxylic acids is 1. The molecule has 26 heavy (non-hydrogen) atoms. The number of methoxy groups -OCH3 is 2. The van der Waals surface area contributed by atoms with Gasteiger partial charge in [0.05, 0.1) is 19.8 Å². The van der Waals surface area contributed by atoms with E-state index < -0.39 is 0 Å². The number of urea groups is 1. The van der Waals surface area contributed by atoms with Crippen LogP contribution in [-0.4, -0.2) is 20.3 Å². The van der Waals surface area contributed by atoms with E-state index in [0.29, 0.717) is 17.2 Å². The zero-order valence-corrected chi connectivity index (χ0v) is 16.8. The monoisotopic (exact) mass is 418 g/mol. The van der Waals surface area contributed by atoms with Gasteiger partial charge in [-0.3, -0.25) is 0 Å². The van der Waals surface area contributed by atoms with Gasteiger partial charge in [0.2, 0.25) is 0 Å². The highest BCUT2D eigenvalue weighted by molar-refractivity contribution is 9.10. The first-order valence-electron chi connectivity index (χ1n) is 8.55. The van der Waals surface area contributed by atoms with Crippen molar-refractivity contribution in [3.63, 3.8) is 0 Å². The lowest BCUT2D eigenvalue weighted by molar-refractivity contribution is 0.185. The first-order valence-corrected chi connectivity index (χ1v) is 9.34. The van der Waals surface area contributed by atoms with Gasteiger partial charge in [0.1, 0.15) is 0 Å². The van der Waals surface area contributed by atoms with Crippen molar-refractivity contribution in [3.8, 4) is 11.5 Å². The molecule has 2 amide bonds. The molecule has 1 aliphatic carbocycles. The van der Waals surface area contributed by atoms with E-state index in [0.717, 1.165) is 34.9 Å². The highest BCUT2D eigenvalue weighted by Gasteiger charge is 2.40. The minimum absolute atomic E-state index is 0.220. The molecular formula is C20H23BrN2O3. The zero-order chi connectivity index (χ0) is 18.7. The van der Waals surface area contributed by atoms with Gasteiger partial charge in [0.15, 0.2) is 11.5 Å². The number of carbonyl (C=O) groups is 1. The molecule has 3 rings (SSSR count). The average molecular weight is 419 g/mol. The maximum atomic E-state index is 12.7. The smallest absolute Gasteiger partial charge is 0.319 e. The van der Waals surface area contributed by atoms with Gasteiger partial charge < -0.3 is 20.1 Å². The maximum absolute atomic E-state index is 12.7. The van der Waals surface area contributed by atoms with Crippen LogP contribution in [0, 0.1) is 6.92 Å². The Hall–Kier alpha value is -2.21. The standard InChI is InChI=1S/C20H23BrN2O3/c1-13-11-17(25-2)18(26-3)12-16(13)22-19(24)23-20(9-4-10-20)14-5-7-15(21)8-6-14/h5-8,11-12H,4,9-10H2,1-3H3,(H2,22,23,24). The summed E-state index contributed by atoms with van der Waals surface area (Å²) in [6.07, 6.45) is 2.98. The fourth-order valence-corrected chi connectivity index (χ4v) is 3.54. The Labute approximate surface area is 162 Å². The van der Waals surface area contributed by atoms with E-state index in [1.807, 2.05) is 25.1 Å². The maximum Gasteiger partial charge on any atom is 0.319 e. The molecule has 5 nitrogen and oxygen atoms in total. The van der Waals surface area contributed by atoms with E-state index in [1.54, 1.807) is 20.3 Å². The molecule has 0 atom stereocenters. The van der Waals surface area contributed by atoms with Crippen LogP contribution in [-0.2, 0) is 5.54 Å². The van der Waals surface area contributed by atoms with Crippen molar-refractivity contribution >= 4 is 27.6 Å². The number of benzene rings is 2. The summed E-state index contributed by atoms with van der Waals surface area (Å²) in [6.45, 7) is 1.92. The van der Waals surface area contributed by atoms with Crippen molar-refractivity contribution in [1.82, 2.24) is 5.32 Å². The summed E-state index contributed by atoms with van der Waals surface area (Å²) >= 11 is 3.46. The largest absolute Gasteiger partial charge is 0.493 e. The molecular weight excluding hydrogens is 396 g/mol. The second-order valence-electron chi connectivity index (χ2n) is 6.54. The summed E-state index contributed by atoms with van der Waals surface area (Å²) < 4.78 is 11.6. The highest BCUT2D eigenvalue weighted by Crippen LogP contribution is 2.41. The molecule has 0 saturated heterocycles. The molecule has 0 aliphatic heterocycles. The van der Waals surface area contributed by atoms with Crippen LogP contribution in [0.15, 0.2) is 40.9 Å². The summed E-state index contributed by atoms with van der Waals surface area (Å²) in [4.78, 5) is 12.7. The molecule has 1 fully saturated rings. The van der Waals surface area contributed by atoms with Gasteiger partial charge in [-0.1, -0.05) is 28.1 Å². The topological polar surface area (TPSA) is 59.6 Å². The SMILES string of the molecule is COc1cc(C)c(NC(=O)NC2(c3ccc(Br)cc3)CCC2)cc1OC. The van der Waals surface area contributed by atoms with Crippen molar-refractivity contribution in [2.45, 2.75) is 31.7 Å². The van der Waals surface area contributed by atoms with Crippen LogP contribution in [0.25, 0.3) is 0 Å². The number of rotatable bonds is 5. The average Bonchev–Trinajstić information content (AvgIpc) is 2.60. The predicted octanol–water partition coefficient (Wildman–Crippen LogP) is 4.98. The van der Waals surface area contributed by atoms with E-state index in [-0.39, 0.29) is 11.6 Å². The summed E-state index contributed by atoms with van der Waals surface area (Å²) in [5.41, 5.74) is 2.44. The van der Waals surface area contributed by atoms with Crippen LogP contribution >= 0.6 is 15.9 Å². The number of ether oxygens (including phenoxy) is 2. The fraction of sp³-hybridized carbons (Fsp3) is 0.350. The van der Waals surface area contributed by atoms with Gasteiger partial charge in [-0.2, -0.15) is 0 Å². The molecule has 0 bridgehead atoms. The molecule has 2 N–H and O–H groups in total. The summed E-state index contributed by atoms with van der Waals surface area (Å²) in [6, 6.07) is 11.5. The molecule has 0 heterocycles. The highest BCUT2D eigenvalue weighted by atomic mass is 79.9. The molecule has 1 aliphatic rings. The number of halogens is 1. The van der Waals surface area contributed by atoms with E-state index in [9.17, 15) is 4.79 Å². The molecule has 2 aromatic carbocycles. The molecule has 2 aromatic rings. The third kappa shape index (κ3) is 3.65. The molecule has 0 aromatic heterocycles. The molecule has 138 valence electrons. The fourth-order valence-electron chi connectivity index (χ4n) is 3.27. The lowest BCUT2D eigenvalue weighted by Gasteiger charge is -2.43. The van der Waals surface area contributed by atoms with Gasteiger partial charge >= 0.3 is 6.03 Å². The van der Waals surface area contributed by atoms with Crippen molar-refractivity contribution in [2.24, 2.45) is 0 Å². The summed E-state index contributed by atoms with van der Waals surface area (Å²) in [5.74, 6) is 1.22. The number of amides is 2. The van der Waals surface area contributed by atoms with Crippen molar-refractivity contribution in [2.75, 3.05) is 19.5 Å². The van der Waals surface area contributed by atoms with Gasteiger partial charge in [0, 0.05) is 16.2 Å². The molecule has 0 radical (unpaired) electrons. The minimum Gasteiger partial charge on any atom is -0.493 e. The molecule has 0 spiro atoms. The summed E-state index contributed by atoms with van der Waals surface area (Å²) in [7, 11) is 3.17. The second kappa shape index (κ2) is 7.58. The number of nitrogens with one attached hydrogen (secondary N) is 2. The Morgan fingerprint density at radius 2 is 1.69 bits per heavy atom. The lowest BCUT2D eigenvalue weighted by atomic mass is 9.72. The van der Waals surface area contributed by atoms with Crippen LogP contribution in [0.4, 0.5) is 10.5 Å². The summed E-state index contributed by atoms with van der Waals surface area (Å²) in [5, 5.41) is 6.12. The molecule has 0 unspecified atom stereocenters. The number of hydrogen-bond donors (Lipinski definition) is 2. The third-order valence-electron chi connectivity index (χ3n) is 4.94. The van der Waals surface area contributed by atoms with Gasteiger partial charge in [-0.25, -0.2) is 4.79 Å². The Bertz CT molecular complexity index is 801. The number of anilines is 1. The van der Waals surface area contributed by atoms with Crippen molar-refractivity contribution in [1.29, 1.82) is 0 Å². The van der Waals surface area contributed by atoms with E-state index in [4.69, 9.17) is 9.47 Å². The van der Waals surface area contributed by atoms with Crippen molar-refractivity contribution in [3.05, 3.63) is 52.0 Å². The van der Waals surface area contributed by atoms with E-state index >= 15 is 0 Å². The van der Waals surface area contributed by atoms with Crippen LogP contribution < -0.4 is 20.1 Å². The Morgan fingerprint density at radius 1 is 1.08 bits per heavy atom. The second-order valence-corrected chi connectivity index (χ2v) is 7.46. The first kappa shape index (κ1) is 18.6. The first-order chi connectivity index (χ1) is 12.5. The van der Waals surface area contributed by atoms with Gasteiger partial charge in [0.25, 0.3) is 0 Å². The van der Waals surface area contributed by atoms with E-state index in [2.05, 4.69) is 38.7 Å². The quantitative estimate of drug-likeness (QED) is 0.719. The normalized spacial score (nSPS) is 14.9. The zero-order valence-electron chi connectivity index (χ0n) is 15.2. The Morgan fingerprint density at radius 3 is 2.23 bits per heavy atom. The predicted molar refractivity (Wildman–Crippen MR) is 106 cm³/mol. The van der Waals surface area contributed by atoms with Crippen LogP contribution in [0.5, 0.6) is 11.5 Å². The minimum atomic E-state index is -0.296. The third-order valence-corrected chi connectivity index (χ3v) is 5.46. The van der Waals surface area contributed by atoms with E-state index in [1.165, 1.54) is 0 Å². The molecule has 1 saturated carbocycles. The van der Waals surface area contributed by atoms with Crippen LogP contribution in [0.3, 0.4) is 0 Å². The number of aryl methyl sites for hydroxylation is 1. The van der Waals surface area contributed by atoms with Crippen molar-refractivity contribution < 1.29 is 14.3 Å². The van der Waals surface area contributed by atoms with Gasteiger partial charge in [-0.05, 0) is 55.5 Å². The molecule has 6 heteroatoms. The van der Waals surface area contributed by atoms with Crippen LogP contribution in [0.2, 0.25) is 0 Å². The lowest BCUT2D eigenvalue weighted by Crippen LogP contribution is -2.52.